The number of ether oxygens (including phenoxy) is 2. The van der Waals surface area contributed by atoms with Crippen LogP contribution in [0.4, 0.5) is 5.88 Å². The molecule has 1 fully saturated rings. The standard InChI is InChI=1S/C23H35N3O4S/c1-18(2)29-17-20(27)15-25(9-12-28-3)16-21-22(19-7-5-4-6-8-19)24-30-23(21)26-10-13-31-14-11-26/h4-8,18,20,27H,9-17H2,1-3H3/t20-/m0/s1. The average molecular weight is 450 g/mol. The van der Waals surface area contributed by atoms with Gasteiger partial charge < -0.3 is 24.0 Å². The molecule has 1 aromatic carbocycles. The monoisotopic (exact) mass is 449 g/mol. The van der Waals surface area contributed by atoms with Crippen molar-refractivity contribution in [3.63, 3.8) is 0 Å². The lowest BCUT2D eigenvalue weighted by atomic mass is 10.1. The molecule has 0 radical (unpaired) electrons. The van der Waals surface area contributed by atoms with Crippen LogP contribution in [0.5, 0.6) is 0 Å². The molecule has 1 aliphatic heterocycles. The first-order chi connectivity index (χ1) is 15.1. The van der Waals surface area contributed by atoms with Gasteiger partial charge in [-0.3, -0.25) is 4.90 Å². The van der Waals surface area contributed by atoms with Gasteiger partial charge in [0.25, 0.3) is 0 Å². The van der Waals surface area contributed by atoms with Crippen molar-refractivity contribution in [2.24, 2.45) is 0 Å². The number of thioether (sulfide) groups is 1. The van der Waals surface area contributed by atoms with Gasteiger partial charge in [0.15, 0.2) is 0 Å². The molecule has 0 spiro atoms. The summed E-state index contributed by atoms with van der Waals surface area (Å²) in [6, 6.07) is 10.1. The summed E-state index contributed by atoms with van der Waals surface area (Å²) in [5.41, 5.74) is 2.96. The zero-order valence-electron chi connectivity index (χ0n) is 18.8. The van der Waals surface area contributed by atoms with Gasteiger partial charge in [-0.05, 0) is 13.8 Å². The van der Waals surface area contributed by atoms with Gasteiger partial charge in [0.2, 0.25) is 5.88 Å². The maximum atomic E-state index is 10.5. The third-order valence-corrected chi connectivity index (χ3v) is 6.14. The molecule has 0 aliphatic carbocycles. The van der Waals surface area contributed by atoms with Crippen molar-refractivity contribution in [3.8, 4) is 11.3 Å². The Morgan fingerprint density at radius 3 is 2.65 bits per heavy atom. The summed E-state index contributed by atoms with van der Waals surface area (Å²) in [6.07, 6.45) is -0.484. The Balaban J connectivity index is 1.84. The second-order valence-corrected chi connectivity index (χ2v) is 9.27. The van der Waals surface area contributed by atoms with E-state index >= 15 is 0 Å². The summed E-state index contributed by atoms with van der Waals surface area (Å²) in [6.45, 7) is 8.55. The molecule has 1 saturated heterocycles. The van der Waals surface area contributed by atoms with Crippen molar-refractivity contribution in [1.82, 2.24) is 10.1 Å². The van der Waals surface area contributed by atoms with Gasteiger partial charge >= 0.3 is 0 Å². The molecule has 0 saturated carbocycles. The lowest BCUT2D eigenvalue weighted by molar-refractivity contribution is -0.0121. The molecule has 8 heteroatoms. The van der Waals surface area contributed by atoms with E-state index in [0.29, 0.717) is 32.8 Å². The Morgan fingerprint density at radius 2 is 1.97 bits per heavy atom. The van der Waals surface area contributed by atoms with Crippen LogP contribution in [0, 0.1) is 0 Å². The van der Waals surface area contributed by atoms with E-state index in [1.165, 1.54) is 0 Å². The Hall–Kier alpha value is -1.58. The fourth-order valence-electron chi connectivity index (χ4n) is 3.61. The van der Waals surface area contributed by atoms with E-state index in [2.05, 4.69) is 27.1 Å². The van der Waals surface area contributed by atoms with Crippen molar-refractivity contribution in [2.45, 2.75) is 32.6 Å². The Morgan fingerprint density at radius 1 is 1.23 bits per heavy atom. The molecule has 1 N–H and O–H groups in total. The van der Waals surface area contributed by atoms with Crippen molar-refractivity contribution < 1.29 is 19.1 Å². The highest BCUT2D eigenvalue weighted by molar-refractivity contribution is 7.99. The fraction of sp³-hybridized carbons (Fsp3) is 0.609. The number of rotatable bonds is 12. The second kappa shape index (κ2) is 12.5. The first-order valence-corrected chi connectivity index (χ1v) is 12.1. The highest BCUT2D eigenvalue weighted by Crippen LogP contribution is 2.33. The van der Waals surface area contributed by atoms with Gasteiger partial charge in [-0.2, -0.15) is 11.8 Å². The largest absolute Gasteiger partial charge is 0.389 e. The summed E-state index contributed by atoms with van der Waals surface area (Å²) in [5.74, 6) is 3.01. The summed E-state index contributed by atoms with van der Waals surface area (Å²) in [4.78, 5) is 4.48. The van der Waals surface area contributed by atoms with E-state index in [1.54, 1.807) is 7.11 Å². The maximum Gasteiger partial charge on any atom is 0.232 e. The van der Waals surface area contributed by atoms with Crippen LogP contribution in [-0.4, -0.2) is 85.4 Å². The van der Waals surface area contributed by atoms with Crippen LogP contribution in [0.2, 0.25) is 0 Å². The smallest absolute Gasteiger partial charge is 0.232 e. The highest BCUT2D eigenvalue weighted by Gasteiger charge is 2.26. The minimum atomic E-state index is -0.575. The van der Waals surface area contributed by atoms with E-state index in [9.17, 15) is 5.11 Å². The molecule has 172 valence electrons. The van der Waals surface area contributed by atoms with Crippen LogP contribution < -0.4 is 4.90 Å². The molecule has 0 unspecified atom stereocenters. The van der Waals surface area contributed by atoms with E-state index in [0.717, 1.165) is 47.3 Å². The van der Waals surface area contributed by atoms with Crippen LogP contribution in [0.3, 0.4) is 0 Å². The number of nitrogens with zero attached hydrogens (tertiary/aromatic N) is 3. The maximum absolute atomic E-state index is 10.5. The molecular formula is C23H35N3O4S. The Kier molecular flexibility index (Phi) is 9.67. The molecule has 3 rings (SSSR count). The minimum Gasteiger partial charge on any atom is -0.389 e. The number of aromatic nitrogens is 1. The van der Waals surface area contributed by atoms with Crippen LogP contribution in [0.25, 0.3) is 11.3 Å². The predicted molar refractivity (Wildman–Crippen MR) is 126 cm³/mol. The van der Waals surface area contributed by atoms with E-state index in [-0.39, 0.29) is 6.10 Å². The topological polar surface area (TPSA) is 71.2 Å². The van der Waals surface area contributed by atoms with E-state index < -0.39 is 6.10 Å². The molecule has 31 heavy (non-hydrogen) atoms. The van der Waals surface area contributed by atoms with Gasteiger partial charge in [0, 0.05) is 56.9 Å². The number of aliphatic hydroxyl groups excluding tert-OH is 1. The highest BCUT2D eigenvalue weighted by atomic mass is 32.2. The quantitative estimate of drug-likeness (QED) is 0.530. The van der Waals surface area contributed by atoms with Crippen LogP contribution in [-0.2, 0) is 16.0 Å². The third-order valence-electron chi connectivity index (χ3n) is 5.20. The van der Waals surface area contributed by atoms with Crippen molar-refractivity contribution in [1.29, 1.82) is 0 Å². The third kappa shape index (κ3) is 7.22. The van der Waals surface area contributed by atoms with Crippen molar-refractivity contribution in [3.05, 3.63) is 35.9 Å². The normalized spacial score (nSPS) is 15.7. The zero-order chi connectivity index (χ0) is 22.1. The minimum absolute atomic E-state index is 0.0911. The van der Waals surface area contributed by atoms with Gasteiger partial charge in [0.1, 0.15) is 5.69 Å². The number of methoxy groups -OCH3 is 1. The predicted octanol–water partition coefficient (Wildman–Crippen LogP) is 3.13. The van der Waals surface area contributed by atoms with Crippen LogP contribution in [0.15, 0.2) is 34.9 Å². The van der Waals surface area contributed by atoms with E-state index in [4.69, 9.17) is 14.0 Å². The zero-order valence-corrected chi connectivity index (χ0v) is 19.6. The molecular weight excluding hydrogens is 414 g/mol. The summed E-state index contributed by atoms with van der Waals surface area (Å²) in [7, 11) is 1.70. The lowest BCUT2D eigenvalue weighted by Gasteiger charge is -2.29. The van der Waals surface area contributed by atoms with Gasteiger partial charge in [-0.1, -0.05) is 35.5 Å². The van der Waals surface area contributed by atoms with Gasteiger partial charge in [-0.15, -0.1) is 0 Å². The summed E-state index contributed by atoms with van der Waals surface area (Å²) in [5, 5.41) is 15.0. The number of aliphatic hydroxyl groups is 1. The Labute approximate surface area is 189 Å². The van der Waals surface area contributed by atoms with Crippen molar-refractivity contribution in [2.75, 3.05) is 62.9 Å². The Bertz CT molecular complexity index is 765. The average Bonchev–Trinajstić information content (AvgIpc) is 3.20. The number of anilines is 1. The molecule has 2 heterocycles. The molecule has 7 nitrogen and oxygen atoms in total. The summed E-state index contributed by atoms with van der Waals surface area (Å²) < 4.78 is 16.8. The van der Waals surface area contributed by atoms with E-state index in [1.807, 2.05) is 43.8 Å². The second-order valence-electron chi connectivity index (χ2n) is 8.04. The number of hydrogen-bond acceptors (Lipinski definition) is 8. The van der Waals surface area contributed by atoms with Gasteiger partial charge in [-0.25, -0.2) is 0 Å². The molecule has 0 bridgehead atoms. The number of benzene rings is 1. The van der Waals surface area contributed by atoms with Crippen molar-refractivity contribution >= 4 is 17.6 Å². The molecule has 1 aromatic heterocycles. The summed E-state index contributed by atoms with van der Waals surface area (Å²) >= 11 is 1.97. The van der Waals surface area contributed by atoms with Crippen LogP contribution >= 0.6 is 11.8 Å². The van der Waals surface area contributed by atoms with Gasteiger partial charge in [0.05, 0.1) is 31.0 Å². The fourth-order valence-corrected chi connectivity index (χ4v) is 4.52. The first-order valence-electron chi connectivity index (χ1n) is 11.0. The molecule has 0 amide bonds. The van der Waals surface area contributed by atoms with Crippen LogP contribution in [0.1, 0.15) is 19.4 Å². The first kappa shape index (κ1) is 24.1. The molecule has 1 aliphatic rings. The molecule has 2 aromatic rings. The lowest BCUT2D eigenvalue weighted by Crippen LogP contribution is -2.38. The number of hydrogen-bond donors (Lipinski definition) is 1. The SMILES string of the molecule is COCCN(Cc1c(-c2ccccc2)noc1N1CCSCC1)C[C@H](O)COC(C)C. The molecule has 1 atom stereocenters.